The van der Waals surface area contributed by atoms with Gasteiger partial charge in [0.15, 0.2) is 0 Å². The molecule has 0 aliphatic carbocycles. The van der Waals surface area contributed by atoms with Gasteiger partial charge in [-0.25, -0.2) is 0 Å². The van der Waals surface area contributed by atoms with Crippen LogP contribution in [0.1, 0.15) is 13.8 Å². The van der Waals surface area contributed by atoms with Gasteiger partial charge in [0.05, 0.1) is 16.4 Å². The number of hydrogen-bond donors (Lipinski definition) is 1. The summed E-state index contributed by atoms with van der Waals surface area (Å²) in [5.74, 6) is 0. The number of fused-ring (bicyclic) bond motifs is 3. The van der Waals surface area contributed by atoms with Crippen LogP contribution in [0.25, 0.3) is 11.1 Å². The lowest BCUT2D eigenvalue weighted by atomic mass is 10.1. The molecule has 0 radical (unpaired) electrons. The van der Waals surface area contributed by atoms with E-state index in [0.717, 1.165) is 40.6 Å². The molecule has 1 aliphatic heterocycles. The molecule has 1 aliphatic rings. The Hall–Kier alpha value is -1.33. The summed E-state index contributed by atoms with van der Waals surface area (Å²) in [5, 5.41) is 0. The Bertz CT molecular complexity index is 610. The molecule has 3 nitrogen and oxygen atoms in total. The highest BCUT2D eigenvalue weighted by Gasteiger charge is 2.35. The molecule has 2 aromatic carbocycles. The first-order valence-electron chi connectivity index (χ1n) is 7.81. The fourth-order valence-electron chi connectivity index (χ4n) is 2.93. The van der Waals surface area contributed by atoms with E-state index in [1.165, 1.54) is 0 Å². The molecular weight excluding hydrogens is 294 g/mol. The maximum atomic E-state index is 11.3. The van der Waals surface area contributed by atoms with Crippen molar-refractivity contribution in [3.05, 3.63) is 48.5 Å². The van der Waals surface area contributed by atoms with Crippen LogP contribution in [0.3, 0.4) is 0 Å². The predicted octanol–water partition coefficient (Wildman–Crippen LogP) is 4.64. The molecule has 0 amide bonds. The largest absolute Gasteiger partial charge is 0.302 e. The Morgan fingerprint density at radius 2 is 1.41 bits per heavy atom. The number of rotatable bonds is 6. The zero-order valence-corrected chi connectivity index (χ0v) is 14.0. The second-order valence-electron chi connectivity index (χ2n) is 5.37. The number of benzene rings is 2. The van der Waals surface area contributed by atoms with E-state index in [9.17, 15) is 4.55 Å². The van der Waals surface area contributed by atoms with Gasteiger partial charge in [0, 0.05) is 17.7 Å². The summed E-state index contributed by atoms with van der Waals surface area (Å²) in [5.41, 5.74) is 2.19. The molecule has 1 N–H and O–H groups in total. The summed E-state index contributed by atoms with van der Waals surface area (Å²) in [6.45, 7) is 7.67. The molecule has 4 heteroatoms. The fraction of sp³-hybridized carbons (Fsp3) is 0.333. The summed E-state index contributed by atoms with van der Waals surface area (Å²) in [4.78, 5) is 4.15. The Morgan fingerprint density at radius 3 is 1.91 bits per heavy atom. The Balaban J connectivity index is 1.89. The highest BCUT2D eigenvalue weighted by atomic mass is 32.3. The van der Waals surface area contributed by atoms with Crippen molar-refractivity contribution in [1.29, 1.82) is 0 Å². The minimum Gasteiger partial charge on any atom is -0.302 e. The van der Waals surface area contributed by atoms with Crippen LogP contribution in [-0.4, -0.2) is 35.7 Å². The van der Waals surface area contributed by atoms with Gasteiger partial charge in [-0.2, -0.15) is 0 Å². The summed E-state index contributed by atoms with van der Waals surface area (Å²) >= 11 is 0. The molecular formula is C18H23NO2S. The van der Waals surface area contributed by atoms with Crippen LogP contribution in [0, 0.1) is 0 Å². The summed E-state index contributed by atoms with van der Waals surface area (Å²) in [6.07, 6.45) is 0. The average molecular weight is 317 g/mol. The third kappa shape index (κ3) is 2.57. The highest BCUT2D eigenvalue weighted by Crippen LogP contribution is 2.69. The van der Waals surface area contributed by atoms with Crippen LogP contribution in [-0.2, 0) is 4.18 Å². The lowest BCUT2D eigenvalue weighted by Gasteiger charge is -2.36. The summed E-state index contributed by atoms with van der Waals surface area (Å²) < 4.78 is 17.4. The maximum absolute atomic E-state index is 11.3. The topological polar surface area (TPSA) is 32.7 Å². The van der Waals surface area contributed by atoms with E-state index in [2.05, 4.69) is 30.9 Å². The van der Waals surface area contributed by atoms with Crippen molar-refractivity contribution in [3.63, 3.8) is 0 Å². The van der Waals surface area contributed by atoms with Crippen molar-refractivity contribution < 1.29 is 8.74 Å². The quantitative estimate of drug-likeness (QED) is 0.842. The molecule has 0 saturated heterocycles. The van der Waals surface area contributed by atoms with E-state index < -0.39 is 10.6 Å². The first kappa shape index (κ1) is 15.6. The van der Waals surface area contributed by atoms with E-state index in [1.54, 1.807) is 0 Å². The van der Waals surface area contributed by atoms with Crippen molar-refractivity contribution in [1.82, 2.24) is 4.90 Å². The maximum Gasteiger partial charge on any atom is 0.0850 e. The van der Waals surface area contributed by atoms with Crippen LogP contribution in [0.5, 0.6) is 0 Å². The van der Waals surface area contributed by atoms with Crippen molar-refractivity contribution in [2.24, 2.45) is 0 Å². The lowest BCUT2D eigenvalue weighted by molar-refractivity contribution is 0.225. The van der Waals surface area contributed by atoms with Crippen molar-refractivity contribution >= 4 is 10.6 Å². The van der Waals surface area contributed by atoms with Gasteiger partial charge >= 0.3 is 0 Å². The molecule has 0 aromatic heterocycles. The van der Waals surface area contributed by atoms with Gasteiger partial charge in [0.25, 0.3) is 0 Å². The summed E-state index contributed by atoms with van der Waals surface area (Å²) in [6, 6.07) is 16.1. The first-order valence-corrected chi connectivity index (χ1v) is 9.33. The van der Waals surface area contributed by atoms with E-state index in [-0.39, 0.29) is 0 Å². The van der Waals surface area contributed by atoms with Crippen LogP contribution < -0.4 is 0 Å². The minimum atomic E-state index is -2.36. The number of nitrogens with zero attached hydrogens (tertiary/aromatic N) is 1. The number of hydrogen-bond acceptors (Lipinski definition) is 3. The molecule has 2 aromatic rings. The molecule has 0 spiro atoms. The van der Waals surface area contributed by atoms with E-state index in [0.29, 0.717) is 6.61 Å². The van der Waals surface area contributed by atoms with Crippen LogP contribution >= 0.6 is 10.6 Å². The van der Waals surface area contributed by atoms with Gasteiger partial charge in [0.2, 0.25) is 0 Å². The zero-order chi connectivity index (χ0) is 15.6. The van der Waals surface area contributed by atoms with E-state index >= 15 is 0 Å². The summed E-state index contributed by atoms with van der Waals surface area (Å²) in [7, 11) is -2.36. The molecule has 1 heterocycles. The zero-order valence-electron chi connectivity index (χ0n) is 13.2. The first-order chi connectivity index (χ1) is 10.7. The molecule has 0 atom stereocenters. The number of likely N-dealkylation sites (N-methyl/N-ethyl adjacent to an activating group) is 1. The van der Waals surface area contributed by atoms with Gasteiger partial charge < -0.3 is 4.90 Å². The van der Waals surface area contributed by atoms with Gasteiger partial charge in [-0.05, 0) is 25.2 Å². The van der Waals surface area contributed by atoms with E-state index in [4.69, 9.17) is 4.18 Å². The highest BCUT2D eigenvalue weighted by molar-refractivity contribution is 8.25. The molecule has 3 rings (SSSR count). The molecule has 0 fully saturated rings. The SMILES string of the molecule is CCN(CC)CCOS1(O)c2ccccc2-c2ccccc21. The van der Waals surface area contributed by atoms with Crippen LogP contribution in [0.15, 0.2) is 58.3 Å². The molecule has 118 valence electrons. The minimum absolute atomic E-state index is 0.538. The Labute approximate surface area is 134 Å². The smallest absolute Gasteiger partial charge is 0.0850 e. The molecule has 0 bridgehead atoms. The van der Waals surface area contributed by atoms with Gasteiger partial charge in [-0.1, -0.05) is 50.2 Å². The fourth-order valence-corrected chi connectivity index (χ4v) is 5.22. The molecule has 0 unspecified atom stereocenters. The Kier molecular flexibility index (Phi) is 4.54. The second kappa shape index (κ2) is 6.42. The molecule has 22 heavy (non-hydrogen) atoms. The second-order valence-corrected chi connectivity index (χ2v) is 7.53. The predicted molar refractivity (Wildman–Crippen MR) is 92.4 cm³/mol. The average Bonchev–Trinajstić information content (AvgIpc) is 2.82. The van der Waals surface area contributed by atoms with Crippen molar-refractivity contribution in [2.75, 3.05) is 26.2 Å². The monoisotopic (exact) mass is 317 g/mol. The van der Waals surface area contributed by atoms with Crippen molar-refractivity contribution in [3.8, 4) is 11.1 Å². The van der Waals surface area contributed by atoms with Gasteiger partial charge in [-0.15, -0.1) is 10.6 Å². The lowest BCUT2D eigenvalue weighted by Crippen LogP contribution is -2.27. The third-order valence-corrected chi connectivity index (χ3v) is 6.63. The van der Waals surface area contributed by atoms with Crippen LogP contribution in [0.4, 0.5) is 0 Å². The van der Waals surface area contributed by atoms with Crippen LogP contribution in [0.2, 0.25) is 0 Å². The normalized spacial score (nSPS) is 16.4. The third-order valence-electron chi connectivity index (χ3n) is 4.22. The van der Waals surface area contributed by atoms with Gasteiger partial charge in [0.1, 0.15) is 0 Å². The van der Waals surface area contributed by atoms with Crippen molar-refractivity contribution in [2.45, 2.75) is 23.6 Å². The standard InChI is InChI=1S/C18H23NO2S/c1-3-19(4-2)13-14-21-22(20)17-11-7-5-9-15(17)16-10-6-8-12-18(16)22/h5-12,20H,3-4,13-14H2,1-2H3. The van der Waals surface area contributed by atoms with E-state index in [1.807, 2.05) is 36.4 Å². The van der Waals surface area contributed by atoms with Gasteiger partial charge in [-0.3, -0.25) is 8.74 Å². The Morgan fingerprint density at radius 1 is 0.909 bits per heavy atom. The molecule has 0 saturated carbocycles.